The van der Waals surface area contributed by atoms with Gasteiger partial charge in [-0.15, -0.1) is 12.3 Å². The fourth-order valence-corrected chi connectivity index (χ4v) is 6.88. The molecule has 12 atom stereocenters. The van der Waals surface area contributed by atoms with E-state index >= 15 is 0 Å². The lowest BCUT2D eigenvalue weighted by Crippen LogP contribution is -2.39. The van der Waals surface area contributed by atoms with Gasteiger partial charge < -0.3 is 24.8 Å². The summed E-state index contributed by atoms with van der Waals surface area (Å²) < 4.78 is 12.5. The first-order valence-corrected chi connectivity index (χ1v) is 18.6. The van der Waals surface area contributed by atoms with Crippen molar-refractivity contribution in [2.24, 2.45) is 46.3 Å². The van der Waals surface area contributed by atoms with Gasteiger partial charge in [-0.2, -0.15) is 0 Å². The van der Waals surface area contributed by atoms with E-state index in [0.717, 1.165) is 19.3 Å². The standard InChI is InChI=1S/C43H69NO6/c1-13-16-19-31(6)40-34(9)36(46)25-22-29(4)26-33(8)39(50-41(44)42(10,11)28-43(12,14-2)15-3)32(7)23-24-35(45)27-37(47)30(5)20-17-18-21-38(48)49-40/h2,13,16-21,23-24,29-37,39-40,44-47H,1,15,22,25-28H2,3-12H3. The van der Waals surface area contributed by atoms with Gasteiger partial charge in [-0.05, 0) is 50.9 Å². The number of terminal acetylenes is 1. The molecule has 0 saturated heterocycles. The number of hydrogen-bond acceptors (Lipinski definition) is 7. The van der Waals surface area contributed by atoms with Crippen molar-refractivity contribution in [3.05, 3.63) is 61.3 Å². The van der Waals surface area contributed by atoms with Crippen LogP contribution in [0, 0.1) is 64.1 Å². The zero-order valence-corrected chi connectivity index (χ0v) is 32.6. The Kier molecular flexibility index (Phi) is 19.3. The highest BCUT2D eigenvalue weighted by Crippen LogP contribution is 2.38. The van der Waals surface area contributed by atoms with Crippen LogP contribution in [0.4, 0.5) is 0 Å². The first-order valence-electron chi connectivity index (χ1n) is 18.6. The summed E-state index contributed by atoms with van der Waals surface area (Å²) in [6.07, 6.45) is 21.7. The second-order valence-electron chi connectivity index (χ2n) is 16.0. The highest BCUT2D eigenvalue weighted by Gasteiger charge is 2.37. The molecule has 282 valence electrons. The zero-order chi connectivity index (χ0) is 38.2. The molecule has 0 aromatic heterocycles. The van der Waals surface area contributed by atoms with Crippen molar-refractivity contribution < 1.29 is 29.6 Å². The number of rotatable bonds is 8. The molecule has 1 aliphatic rings. The number of aliphatic hydroxyl groups is 3. The average molecular weight is 696 g/mol. The number of cyclic esters (lactones) is 1. The van der Waals surface area contributed by atoms with E-state index in [-0.39, 0.29) is 59.3 Å². The summed E-state index contributed by atoms with van der Waals surface area (Å²) in [6, 6.07) is 0. The molecule has 0 aromatic carbocycles. The molecule has 0 bridgehead atoms. The number of carbonyl (C=O) groups excluding carboxylic acids is 1. The van der Waals surface area contributed by atoms with Gasteiger partial charge in [0, 0.05) is 47.0 Å². The molecule has 0 spiro atoms. The lowest BCUT2D eigenvalue weighted by Gasteiger charge is -2.37. The second-order valence-corrected chi connectivity index (χ2v) is 16.0. The van der Waals surface area contributed by atoms with E-state index in [1.807, 2.05) is 66.7 Å². The number of hydrogen-bond donors (Lipinski definition) is 4. The van der Waals surface area contributed by atoms with Crippen LogP contribution in [-0.2, 0) is 14.3 Å². The van der Waals surface area contributed by atoms with E-state index < -0.39 is 35.8 Å². The Morgan fingerprint density at radius 2 is 1.72 bits per heavy atom. The first-order chi connectivity index (χ1) is 23.3. The second kappa shape index (κ2) is 21.4. The van der Waals surface area contributed by atoms with Gasteiger partial charge in [0.15, 0.2) is 5.90 Å². The van der Waals surface area contributed by atoms with Crippen LogP contribution in [0.3, 0.4) is 0 Å². The number of esters is 1. The molecule has 1 heterocycles. The number of allylic oxidation sites excluding steroid dienone is 4. The van der Waals surface area contributed by atoms with Crippen LogP contribution in [0.15, 0.2) is 61.3 Å². The smallest absolute Gasteiger partial charge is 0.331 e. The predicted molar refractivity (Wildman–Crippen MR) is 206 cm³/mol. The molecule has 12 unspecified atom stereocenters. The predicted octanol–water partition coefficient (Wildman–Crippen LogP) is 8.61. The number of nitrogens with one attached hydrogen (secondary N) is 1. The van der Waals surface area contributed by atoms with Crippen molar-refractivity contribution in [2.75, 3.05) is 0 Å². The molecule has 7 nitrogen and oxygen atoms in total. The summed E-state index contributed by atoms with van der Waals surface area (Å²) in [5.41, 5.74) is -0.949. The topological polar surface area (TPSA) is 120 Å². The first kappa shape index (κ1) is 45.1. The lowest BCUT2D eigenvalue weighted by atomic mass is 9.72. The highest BCUT2D eigenvalue weighted by atomic mass is 16.5. The normalized spacial score (nSPS) is 33.2. The maximum atomic E-state index is 12.8. The number of carbonyl (C=O) groups is 1. The minimum absolute atomic E-state index is 0.0378. The summed E-state index contributed by atoms with van der Waals surface area (Å²) in [6.45, 7) is 23.9. The minimum atomic E-state index is -0.879. The molecule has 7 heteroatoms. The van der Waals surface area contributed by atoms with Crippen molar-refractivity contribution in [2.45, 2.75) is 138 Å². The lowest BCUT2D eigenvalue weighted by molar-refractivity contribution is -0.150. The van der Waals surface area contributed by atoms with Gasteiger partial charge in [-0.1, -0.05) is 118 Å². The Morgan fingerprint density at radius 1 is 1.06 bits per heavy atom. The summed E-state index contributed by atoms with van der Waals surface area (Å²) in [4.78, 5) is 12.8. The Labute approximate surface area is 304 Å². The SMILES string of the molecule is C#CC(C)(CC)CC(C)(C)C(=N)OC1C(C)C=CC(O)CC(O)C(C)C=CC=CC(=O)OC(C(C)C=CC=C)C(C)C(O)CCC(C)CC1C. The quantitative estimate of drug-likeness (QED) is 0.0504. The van der Waals surface area contributed by atoms with Gasteiger partial charge in [0.25, 0.3) is 0 Å². The summed E-state index contributed by atoms with van der Waals surface area (Å²) >= 11 is 0. The third-order valence-electron chi connectivity index (χ3n) is 10.6. The van der Waals surface area contributed by atoms with Gasteiger partial charge in [0.1, 0.15) is 12.2 Å². The Morgan fingerprint density at radius 3 is 2.32 bits per heavy atom. The van der Waals surface area contributed by atoms with E-state index in [4.69, 9.17) is 21.3 Å². The third kappa shape index (κ3) is 15.1. The van der Waals surface area contributed by atoms with Crippen molar-refractivity contribution in [1.29, 1.82) is 5.41 Å². The number of aliphatic hydroxyl groups excluding tert-OH is 3. The van der Waals surface area contributed by atoms with Crippen LogP contribution in [0.5, 0.6) is 0 Å². The minimum Gasteiger partial charge on any atom is -0.477 e. The fraction of sp³-hybridized carbons (Fsp3) is 0.674. The zero-order valence-electron chi connectivity index (χ0n) is 32.6. The maximum absolute atomic E-state index is 12.8. The molecule has 0 radical (unpaired) electrons. The molecule has 0 aliphatic carbocycles. The van der Waals surface area contributed by atoms with Gasteiger partial charge in [0.05, 0.1) is 18.3 Å². The van der Waals surface area contributed by atoms with Crippen molar-refractivity contribution >= 4 is 11.9 Å². The molecule has 0 saturated carbocycles. The van der Waals surface area contributed by atoms with Crippen LogP contribution in [0.2, 0.25) is 0 Å². The van der Waals surface area contributed by atoms with Crippen molar-refractivity contribution in [3.63, 3.8) is 0 Å². The van der Waals surface area contributed by atoms with Crippen LogP contribution >= 0.6 is 0 Å². The van der Waals surface area contributed by atoms with Gasteiger partial charge in [-0.3, -0.25) is 5.41 Å². The fourth-order valence-electron chi connectivity index (χ4n) is 6.88. The molecule has 0 amide bonds. The largest absolute Gasteiger partial charge is 0.477 e. The monoisotopic (exact) mass is 696 g/mol. The molecular weight excluding hydrogens is 626 g/mol. The van der Waals surface area contributed by atoms with Gasteiger partial charge >= 0.3 is 5.97 Å². The molecule has 0 fully saturated rings. The third-order valence-corrected chi connectivity index (χ3v) is 10.6. The van der Waals surface area contributed by atoms with Crippen molar-refractivity contribution in [1.82, 2.24) is 0 Å². The molecule has 0 aromatic rings. The summed E-state index contributed by atoms with van der Waals surface area (Å²) in [5, 5.41) is 42.1. The molecule has 4 N–H and O–H groups in total. The van der Waals surface area contributed by atoms with Gasteiger partial charge in [-0.25, -0.2) is 4.79 Å². The van der Waals surface area contributed by atoms with E-state index in [9.17, 15) is 20.1 Å². The highest BCUT2D eigenvalue weighted by molar-refractivity contribution is 5.82. The maximum Gasteiger partial charge on any atom is 0.331 e. The Bertz CT molecular complexity index is 1230. The van der Waals surface area contributed by atoms with Crippen LogP contribution < -0.4 is 0 Å². The van der Waals surface area contributed by atoms with Crippen LogP contribution in [0.1, 0.15) is 108 Å². The van der Waals surface area contributed by atoms with E-state index in [2.05, 4.69) is 33.3 Å². The summed E-state index contributed by atoms with van der Waals surface area (Å²) in [5.74, 6) is 1.97. The van der Waals surface area contributed by atoms with Crippen LogP contribution in [0.25, 0.3) is 0 Å². The Hall–Kier alpha value is -2.92. The van der Waals surface area contributed by atoms with E-state index in [1.54, 1.807) is 30.4 Å². The van der Waals surface area contributed by atoms with E-state index in [1.165, 1.54) is 6.08 Å². The molecule has 1 aliphatic heterocycles. The van der Waals surface area contributed by atoms with Crippen molar-refractivity contribution in [3.8, 4) is 12.3 Å². The van der Waals surface area contributed by atoms with Gasteiger partial charge in [0.2, 0.25) is 0 Å². The number of ether oxygens (including phenoxy) is 2. The van der Waals surface area contributed by atoms with E-state index in [0.29, 0.717) is 12.8 Å². The molecular formula is C43H69NO6. The summed E-state index contributed by atoms with van der Waals surface area (Å²) in [7, 11) is 0. The van der Waals surface area contributed by atoms with Crippen LogP contribution in [-0.4, -0.2) is 57.7 Å². The average Bonchev–Trinajstić information content (AvgIpc) is 3.06. The molecule has 1 rings (SSSR count). The Balaban J connectivity index is 3.45. The molecule has 50 heavy (non-hydrogen) atoms.